The van der Waals surface area contributed by atoms with E-state index in [0.717, 1.165) is 22.2 Å². The van der Waals surface area contributed by atoms with Gasteiger partial charge in [0, 0.05) is 17.3 Å². The maximum absolute atomic E-state index is 5.83. The van der Waals surface area contributed by atoms with E-state index < -0.39 is 0 Å². The van der Waals surface area contributed by atoms with Gasteiger partial charge in [-0.25, -0.2) is 0 Å². The highest BCUT2D eigenvalue weighted by molar-refractivity contribution is 5.82. The van der Waals surface area contributed by atoms with Gasteiger partial charge in [0.2, 0.25) is 0 Å². The van der Waals surface area contributed by atoms with E-state index in [9.17, 15) is 0 Å². The third-order valence-corrected chi connectivity index (χ3v) is 3.00. The van der Waals surface area contributed by atoms with Gasteiger partial charge in [-0.2, -0.15) is 0 Å². The predicted octanol–water partition coefficient (Wildman–Crippen LogP) is 2.72. The quantitative estimate of drug-likeness (QED) is 0.814. The van der Waals surface area contributed by atoms with E-state index in [0.29, 0.717) is 5.92 Å². The Morgan fingerprint density at radius 2 is 2.27 bits per heavy atom. The van der Waals surface area contributed by atoms with Crippen LogP contribution in [0.2, 0.25) is 0 Å². The van der Waals surface area contributed by atoms with Gasteiger partial charge >= 0.3 is 0 Å². The fourth-order valence-corrected chi connectivity index (χ4v) is 1.90. The third-order valence-electron chi connectivity index (χ3n) is 3.00. The molecule has 0 spiro atoms. The van der Waals surface area contributed by atoms with Crippen molar-refractivity contribution >= 4 is 10.9 Å². The van der Waals surface area contributed by atoms with Crippen LogP contribution in [-0.4, -0.2) is 5.16 Å². The van der Waals surface area contributed by atoms with E-state index in [2.05, 4.69) is 17.3 Å². The molecule has 0 aliphatic heterocycles. The maximum Gasteiger partial charge on any atom is 0.147 e. The summed E-state index contributed by atoms with van der Waals surface area (Å²) < 4.78 is 5.38. The molecule has 0 amide bonds. The van der Waals surface area contributed by atoms with E-state index in [1.165, 1.54) is 12.8 Å². The molecule has 2 N–H and O–H groups in total. The van der Waals surface area contributed by atoms with Crippen LogP contribution in [0.15, 0.2) is 22.7 Å². The molecule has 0 saturated heterocycles. The zero-order valence-corrected chi connectivity index (χ0v) is 8.73. The van der Waals surface area contributed by atoms with Crippen LogP contribution < -0.4 is 5.73 Å². The molecule has 3 nitrogen and oxygen atoms in total. The number of nitrogens with zero attached hydrogens (tertiary/aromatic N) is 1. The average molecular weight is 202 g/mol. The van der Waals surface area contributed by atoms with Gasteiger partial charge in [-0.3, -0.25) is 0 Å². The average Bonchev–Trinajstić information content (AvgIpc) is 2.98. The largest absolute Gasteiger partial charge is 0.360 e. The molecule has 1 fully saturated rings. The summed E-state index contributed by atoms with van der Waals surface area (Å²) in [5.41, 5.74) is 7.87. The summed E-state index contributed by atoms with van der Waals surface area (Å²) in [5, 5.41) is 5.25. The molecule has 1 unspecified atom stereocenters. The van der Waals surface area contributed by atoms with Gasteiger partial charge in [-0.1, -0.05) is 11.2 Å². The Balaban J connectivity index is 2.13. The van der Waals surface area contributed by atoms with Crippen molar-refractivity contribution in [3.05, 3.63) is 29.5 Å². The number of hydrogen-bond acceptors (Lipinski definition) is 3. The van der Waals surface area contributed by atoms with Gasteiger partial charge in [0.25, 0.3) is 0 Å². The van der Waals surface area contributed by atoms with Gasteiger partial charge in [0.05, 0.1) is 0 Å². The summed E-state index contributed by atoms with van der Waals surface area (Å²) in [6.07, 6.45) is 2.47. The molecule has 1 aliphatic rings. The Morgan fingerprint density at radius 3 is 2.93 bits per heavy atom. The normalized spacial score (nSPS) is 18.3. The summed E-state index contributed by atoms with van der Waals surface area (Å²) in [7, 11) is 0. The zero-order chi connectivity index (χ0) is 10.4. The van der Waals surface area contributed by atoms with Gasteiger partial charge in [0.1, 0.15) is 11.3 Å². The van der Waals surface area contributed by atoms with Gasteiger partial charge in [-0.05, 0) is 37.5 Å². The molecule has 1 aromatic heterocycles. The second-order valence-corrected chi connectivity index (χ2v) is 4.39. The molecule has 0 bridgehead atoms. The number of aromatic nitrogens is 1. The second-order valence-electron chi connectivity index (χ2n) is 4.39. The molecular weight excluding hydrogens is 188 g/mol. The molecule has 1 heterocycles. The molecule has 2 aromatic rings. The topological polar surface area (TPSA) is 52.0 Å². The van der Waals surface area contributed by atoms with Crippen LogP contribution in [0.4, 0.5) is 0 Å². The lowest BCUT2D eigenvalue weighted by molar-refractivity contribution is 0.392. The Bertz CT molecular complexity index is 497. The summed E-state index contributed by atoms with van der Waals surface area (Å²) in [6, 6.07) is 6.22. The lowest BCUT2D eigenvalue weighted by atomic mass is 10.1. The third kappa shape index (κ3) is 1.43. The van der Waals surface area contributed by atoms with Crippen LogP contribution in [-0.2, 0) is 0 Å². The lowest BCUT2D eigenvalue weighted by Crippen LogP contribution is -2.04. The highest BCUT2D eigenvalue weighted by Gasteiger charge is 2.29. The minimum absolute atomic E-state index is 0.0514. The number of nitrogens with two attached hydrogens (primary N) is 1. The van der Waals surface area contributed by atoms with Crippen LogP contribution in [0.1, 0.15) is 43.0 Å². The molecule has 1 saturated carbocycles. The van der Waals surface area contributed by atoms with Crippen LogP contribution in [0.25, 0.3) is 10.9 Å². The van der Waals surface area contributed by atoms with Crippen molar-refractivity contribution in [2.75, 3.05) is 0 Å². The van der Waals surface area contributed by atoms with Crippen LogP contribution in [0.5, 0.6) is 0 Å². The van der Waals surface area contributed by atoms with Crippen molar-refractivity contribution in [2.45, 2.75) is 31.7 Å². The fourth-order valence-electron chi connectivity index (χ4n) is 1.90. The molecule has 15 heavy (non-hydrogen) atoms. The first-order valence-electron chi connectivity index (χ1n) is 5.40. The van der Waals surface area contributed by atoms with Crippen molar-refractivity contribution in [2.24, 2.45) is 5.73 Å². The first kappa shape index (κ1) is 8.92. The fraction of sp³-hybridized carbons (Fsp3) is 0.417. The maximum atomic E-state index is 5.83. The lowest BCUT2D eigenvalue weighted by Gasteiger charge is -2.03. The number of benzene rings is 1. The first-order valence-corrected chi connectivity index (χ1v) is 5.40. The summed E-state index contributed by atoms with van der Waals surface area (Å²) in [6.45, 7) is 1.98. The van der Waals surface area contributed by atoms with Gasteiger partial charge in [-0.15, -0.1) is 0 Å². The van der Waals surface area contributed by atoms with Crippen LogP contribution >= 0.6 is 0 Å². The molecule has 78 valence electrons. The Kier molecular flexibility index (Phi) is 1.83. The van der Waals surface area contributed by atoms with Crippen LogP contribution in [0, 0.1) is 0 Å². The van der Waals surface area contributed by atoms with Crippen molar-refractivity contribution in [3.63, 3.8) is 0 Å². The molecule has 1 aliphatic carbocycles. The van der Waals surface area contributed by atoms with Crippen molar-refractivity contribution < 1.29 is 4.52 Å². The minimum atomic E-state index is 0.0514. The van der Waals surface area contributed by atoms with E-state index in [1.54, 1.807) is 0 Å². The number of hydrogen-bond donors (Lipinski definition) is 1. The number of rotatable bonds is 2. The number of fused-ring (bicyclic) bond motifs is 1. The molecular formula is C12H14N2O. The van der Waals surface area contributed by atoms with Crippen molar-refractivity contribution in [3.8, 4) is 0 Å². The highest BCUT2D eigenvalue weighted by Crippen LogP contribution is 2.43. The summed E-state index contributed by atoms with van der Waals surface area (Å²) in [5.74, 6) is 1.66. The summed E-state index contributed by atoms with van der Waals surface area (Å²) in [4.78, 5) is 0. The zero-order valence-electron chi connectivity index (χ0n) is 8.73. The molecule has 1 aromatic carbocycles. The van der Waals surface area contributed by atoms with E-state index in [1.807, 2.05) is 13.0 Å². The van der Waals surface area contributed by atoms with Crippen molar-refractivity contribution in [1.82, 2.24) is 5.16 Å². The standard InChI is InChI=1S/C12H14N2O/c1-7(13)9-4-5-10-11(6-9)14-15-12(10)8-2-3-8/h4-8H,2-3,13H2,1H3. The highest BCUT2D eigenvalue weighted by atomic mass is 16.5. The Morgan fingerprint density at radius 1 is 1.47 bits per heavy atom. The Labute approximate surface area is 88.2 Å². The van der Waals surface area contributed by atoms with E-state index in [-0.39, 0.29) is 6.04 Å². The predicted molar refractivity (Wildman–Crippen MR) is 58.6 cm³/mol. The molecule has 3 rings (SSSR count). The van der Waals surface area contributed by atoms with Gasteiger partial charge < -0.3 is 10.3 Å². The smallest absolute Gasteiger partial charge is 0.147 e. The van der Waals surface area contributed by atoms with Gasteiger partial charge in [0.15, 0.2) is 0 Å². The second kappa shape index (κ2) is 3.07. The first-order chi connectivity index (χ1) is 7.25. The summed E-state index contributed by atoms with van der Waals surface area (Å²) >= 11 is 0. The SMILES string of the molecule is CC(N)c1ccc2c(C3CC3)onc2c1. The molecule has 3 heteroatoms. The van der Waals surface area contributed by atoms with Crippen molar-refractivity contribution in [1.29, 1.82) is 0 Å². The minimum Gasteiger partial charge on any atom is -0.360 e. The van der Waals surface area contributed by atoms with E-state index in [4.69, 9.17) is 10.3 Å². The Hall–Kier alpha value is -1.35. The van der Waals surface area contributed by atoms with Crippen LogP contribution in [0.3, 0.4) is 0 Å². The molecule has 1 atom stereocenters. The monoisotopic (exact) mass is 202 g/mol. The molecule has 0 radical (unpaired) electrons. The van der Waals surface area contributed by atoms with E-state index >= 15 is 0 Å².